The first-order valence-electron chi connectivity index (χ1n) is 8.65. The van der Waals surface area contributed by atoms with E-state index in [1.54, 1.807) is 0 Å². The van der Waals surface area contributed by atoms with E-state index in [9.17, 15) is 0 Å². The average Bonchev–Trinajstić information content (AvgIpc) is 2.46. The largest absolute Gasteiger partial charge is 0.381 e. The highest BCUT2D eigenvalue weighted by Gasteiger charge is 2.37. The van der Waals surface area contributed by atoms with Crippen molar-refractivity contribution in [1.82, 2.24) is 10.2 Å². The average molecular weight is 284 g/mol. The molecule has 1 heterocycles. The number of rotatable bonds is 9. The maximum atomic E-state index is 5.63. The molecule has 120 valence electrons. The lowest BCUT2D eigenvalue weighted by molar-refractivity contribution is 0.0396. The molecule has 1 atom stereocenters. The number of hydrogen-bond acceptors (Lipinski definition) is 3. The Labute approximate surface area is 126 Å². The van der Waals surface area contributed by atoms with Crippen LogP contribution in [0.4, 0.5) is 0 Å². The van der Waals surface area contributed by atoms with Crippen LogP contribution in [0, 0.1) is 5.92 Å². The second-order valence-electron chi connectivity index (χ2n) is 6.62. The molecule has 1 unspecified atom stereocenters. The van der Waals surface area contributed by atoms with Gasteiger partial charge in [0.1, 0.15) is 0 Å². The Morgan fingerprint density at radius 1 is 1.20 bits per heavy atom. The fraction of sp³-hybridized carbons (Fsp3) is 1.00. The van der Waals surface area contributed by atoms with Gasteiger partial charge in [0.15, 0.2) is 0 Å². The fourth-order valence-electron chi connectivity index (χ4n) is 3.25. The Balaban J connectivity index is 2.51. The van der Waals surface area contributed by atoms with Crippen LogP contribution in [-0.2, 0) is 4.74 Å². The van der Waals surface area contributed by atoms with E-state index in [-0.39, 0.29) is 0 Å². The topological polar surface area (TPSA) is 24.5 Å². The molecule has 0 spiro atoms. The molecule has 0 aliphatic carbocycles. The number of ether oxygens (including phenoxy) is 1. The first-order chi connectivity index (χ1) is 9.58. The van der Waals surface area contributed by atoms with E-state index in [1.165, 1.54) is 25.9 Å². The van der Waals surface area contributed by atoms with Crippen LogP contribution in [-0.4, -0.2) is 49.3 Å². The molecule has 3 heteroatoms. The van der Waals surface area contributed by atoms with Gasteiger partial charge in [-0.3, -0.25) is 4.90 Å². The highest BCUT2D eigenvalue weighted by Crippen LogP contribution is 2.25. The minimum absolute atomic E-state index is 0.329. The second kappa shape index (κ2) is 9.01. The normalized spacial score (nSPS) is 23.4. The molecule has 1 rings (SSSR count). The lowest BCUT2D eigenvalue weighted by Gasteiger charge is -2.49. The molecule has 20 heavy (non-hydrogen) atoms. The molecule has 1 saturated heterocycles. The van der Waals surface area contributed by atoms with Gasteiger partial charge < -0.3 is 10.1 Å². The van der Waals surface area contributed by atoms with Crippen LogP contribution in [0.3, 0.4) is 0 Å². The summed E-state index contributed by atoms with van der Waals surface area (Å²) in [6.45, 7) is 16.8. The van der Waals surface area contributed by atoms with Gasteiger partial charge in [0.2, 0.25) is 0 Å². The van der Waals surface area contributed by atoms with Crippen molar-refractivity contribution in [2.24, 2.45) is 5.92 Å². The van der Waals surface area contributed by atoms with Gasteiger partial charge in [0.05, 0.1) is 0 Å². The predicted molar refractivity (Wildman–Crippen MR) is 87.2 cm³/mol. The Kier molecular flexibility index (Phi) is 8.08. The van der Waals surface area contributed by atoms with Gasteiger partial charge in [-0.25, -0.2) is 0 Å². The Hall–Kier alpha value is -0.120. The summed E-state index contributed by atoms with van der Waals surface area (Å²) in [5.74, 6) is 0.714. The van der Waals surface area contributed by atoms with Crippen LogP contribution in [0.2, 0.25) is 0 Å². The van der Waals surface area contributed by atoms with Crippen LogP contribution in [0.25, 0.3) is 0 Å². The van der Waals surface area contributed by atoms with Crippen molar-refractivity contribution in [2.75, 3.05) is 32.8 Å². The molecular formula is C17H36N2O. The van der Waals surface area contributed by atoms with Gasteiger partial charge in [-0.05, 0) is 31.6 Å². The predicted octanol–water partition coefficient (Wildman–Crippen LogP) is 3.29. The van der Waals surface area contributed by atoms with E-state index in [1.807, 2.05) is 0 Å². The Morgan fingerprint density at radius 3 is 2.45 bits per heavy atom. The van der Waals surface area contributed by atoms with Gasteiger partial charge >= 0.3 is 0 Å². The van der Waals surface area contributed by atoms with E-state index in [0.717, 1.165) is 32.6 Å². The van der Waals surface area contributed by atoms with Crippen molar-refractivity contribution >= 4 is 0 Å². The van der Waals surface area contributed by atoms with Crippen molar-refractivity contribution in [3.05, 3.63) is 0 Å². The molecule has 3 nitrogen and oxygen atoms in total. The van der Waals surface area contributed by atoms with Crippen LogP contribution in [0.5, 0.6) is 0 Å². The van der Waals surface area contributed by atoms with Crippen LogP contribution in [0.15, 0.2) is 0 Å². The standard InChI is InChI=1S/C17H36N2O/c1-6-11-20-12-9-10-19-14-17(7-2,8-3)18-13-16(19)15(4)5/h15-16,18H,6-14H2,1-5H3. The van der Waals surface area contributed by atoms with Crippen LogP contribution < -0.4 is 5.32 Å². The fourth-order valence-corrected chi connectivity index (χ4v) is 3.25. The molecule has 0 bridgehead atoms. The molecule has 0 aromatic heterocycles. The van der Waals surface area contributed by atoms with Crippen molar-refractivity contribution in [2.45, 2.75) is 71.9 Å². The van der Waals surface area contributed by atoms with Gasteiger partial charge in [0, 0.05) is 44.4 Å². The monoisotopic (exact) mass is 284 g/mol. The maximum Gasteiger partial charge on any atom is 0.0478 e. The van der Waals surface area contributed by atoms with Crippen molar-refractivity contribution < 1.29 is 4.74 Å². The summed E-state index contributed by atoms with van der Waals surface area (Å²) in [5.41, 5.74) is 0.329. The van der Waals surface area contributed by atoms with E-state index in [4.69, 9.17) is 4.74 Å². The Bertz CT molecular complexity index is 251. The number of nitrogens with one attached hydrogen (secondary N) is 1. The van der Waals surface area contributed by atoms with Crippen LogP contribution in [0.1, 0.15) is 60.3 Å². The molecule has 0 radical (unpaired) electrons. The van der Waals surface area contributed by atoms with E-state index >= 15 is 0 Å². The van der Waals surface area contributed by atoms with Gasteiger partial charge in [-0.15, -0.1) is 0 Å². The number of hydrogen-bond donors (Lipinski definition) is 1. The molecule has 0 amide bonds. The summed E-state index contributed by atoms with van der Waals surface area (Å²) in [7, 11) is 0. The minimum atomic E-state index is 0.329. The molecule has 1 N–H and O–H groups in total. The zero-order valence-corrected chi connectivity index (χ0v) is 14.4. The van der Waals surface area contributed by atoms with E-state index < -0.39 is 0 Å². The summed E-state index contributed by atoms with van der Waals surface area (Å²) in [4.78, 5) is 2.71. The van der Waals surface area contributed by atoms with Gasteiger partial charge in [0.25, 0.3) is 0 Å². The van der Waals surface area contributed by atoms with Gasteiger partial charge in [-0.1, -0.05) is 34.6 Å². The molecule has 0 aromatic carbocycles. The zero-order valence-electron chi connectivity index (χ0n) is 14.4. The number of piperazine rings is 1. The molecule has 1 fully saturated rings. The quantitative estimate of drug-likeness (QED) is 0.658. The third kappa shape index (κ3) is 5.01. The molecule has 0 saturated carbocycles. The summed E-state index contributed by atoms with van der Waals surface area (Å²) in [6, 6.07) is 0.674. The maximum absolute atomic E-state index is 5.63. The summed E-state index contributed by atoms with van der Waals surface area (Å²) >= 11 is 0. The van der Waals surface area contributed by atoms with Crippen molar-refractivity contribution in [3.63, 3.8) is 0 Å². The lowest BCUT2D eigenvalue weighted by atomic mass is 9.86. The molecular weight excluding hydrogens is 248 g/mol. The second-order valence-corrected chi connectivity index (χ2v) is 6.62. The summed E-state index contributed by atoms with van der Waals surface area (Å²) in [5, 5.41) is 3.83. The van der Waals surface area contributed by atoms with Crippen LogP contribution >= 0.6 is 0 Å². The van der Waals surface area contributed by atoms with E-state index in [0.29, 0.717) is 17.5 Å². The van der Waals surface area contributed by atoms with Crippen molar-refractivity contribution in [1.29, 1.82) is 0 Å². The lowest BCUT2D eigenvalue weighted by Crippen LogP contribution is -2.65. The zero-order chi connectivity index (χ0) is 15.0. The third-order valence-corrected chi connectivity index (χ3v) is 4.87. The highest BCUT2D eigenvalue weighted by molar-refractivity contribution is 4.97. The number of nitrogens with zero attached hydrogens (tertiary/aromatic N) is 1. The van der Waals surface area contributed by atoms with Crippen molar-refractivity contribution in [3.8, 4) is 0 Å². The summed E-state index contributed by atoms with van der Waals surface area (Å²) in [6.07, 6.45) is 4.72. The molecule has 1 aliphatic rings. The molecule has 0 aromatic rings. The SMILES string of the molecule is CCCOCCCN1CC(CC)(CC)NCC1C(C)C. The third-order valence-electron chi connectivity index (χ3n) is 4.87. The summed E-state index contributed by atoms with van der Waals surface area (Å²) < 4.78 is 5.63. The first kappa shape index (κ1) is 17.9. The van der Waals surface area contributed by atoms with Gasteiger partial charge in [-0.2, -0.15) is 0 Å². The minimum Gasteiger partial charge on any atom is -0.381 e. The van der Waals surface area contributed by atoms with E-state index in [2.05, 4.69) is 44.8 Å². The molecule has 1 aliphatic heterocycles. The smallest absolute Gasteiger partial charge is 0.0478 e. The first-order valence-corrected chi connectivity index (χ1v) is 8.65. The highest BCUT2D eigenvalue weighted by atomic mass is 16.5. The Morgan fingerprint density at radius 2 is 1.90 bits per heavy atom.